The second-order valence-corrected chi connectivity index (χ2v) is 6.57. The van der Waals surface area contributed by atoms with Gasteiger partial charge in [-0.15, -0.1) is 0 Å². The maximum atomic E-state index is 3.55. The fourth-order valence-electron chi connectivity index (χ4n) is 3.69. The van der Waals surface area contributed by atoms with Crippen LogP contribution in [0.15, 0.2) is 12.1 Å². The van der Waals surface area contributed by atoms with Gasteiger partial charge < -0.3 is 5.32 Å². The fraction of sp³-hybridized carbons (Fsp3) is 0.647. The van der Waals surface area contributed by atoms with Gasteiger partial charge in [0.1, 0.15) is 0 Å². The summed E-state index contributed by atoms with van der Waals surface area (Å²) in [5.41, 5.74) is 5.82. The Hall–Kier alpha value is -0.860. The van der Waals surface area contributed by atoms with Crippen molar-refractivity contribution in [1.29, 1.82) is 0 Å². The van der Waals surface area contributed by atoms with Crippen LogP contribution in [-0.2, 0) is 6.54 Å². The Bertz CT molecular complexity index is 467. The average Bonchev–Trinajstić information content (AvgIpc) is 2.83. The maximum Gasteiger partial charge on any atom is 0.0236 e. The minimum absolute atomic E-state index is 0.889. The number of nitrogens with zero attached hydrogens (tertiary/aromatic N) is 1. The van der Waals surface area contributed by atoms with Gasteiger partial charge in [-0.05, 0) is 80.9 Å². The highest BCUT2D eigenvalue weighted by atomic mass is 15.1. The number of nitrogens with one attached hydrogen (secondary N) is 1. The predicted octanol–water partition coefficient (Wildman–Crippen LogP) is 2.65. The first kappa shape index (κ1) is 13.1. The molecule has 2 heterocycles. The molecular weight excluding hydrogens is 232 g/mol. The zero-order chi connectivity index (χ0) is 13.4. The van der Waals surface area contributed by atoms with Crippen LogP contribution in [0.2, 0.25) is 0 Å². The molecule has 2 aliphatic heterocycles. The minimum atomic E-state index is 0.889. The lowest BCUT2D eigenvalue weighted by molar-refractivity contribution is 0.142. The van der Waals surface area contributed by atoms with E-state index in [-0.39, 0.29) is 0 Å². The second-order valence-electron chi connectivity index (χ2n) is 6.57. The molecule has 2 nitrogen and oxygen atoms in total. The van der Waals surface area contributed by atoms with E-state index >= 15 is 0 Å². The van der Waals surface area contributed by atoms with Gasteiger partial charge >= 0.3 is 0 Å². The number of benzene rings is 1. The molecule has 2 heteroatoms. The molecular formula is C17H26N2. The molecule has 0 aromatic heterocycles. The monoisotopic (exact) mass is 258 g/mol. The van der Waals surface area contributed by atoms with Crippen molar-refractivity contribution in [2.75, 3.05) is 26.2 Å². The Morgan fingerprint density at radius 2 is 1.79 bits per heavy atom. The van der Waals surface area contributed by atoms with Gasteiger partial charge in [0.2, 0.25) is 0 Å². The molecule has 0 aliphatic carbocycles. The van der Waals surface area contributed by atoms with E-state index in [9.17, 15) is 0 Å². The van der Waals surface area contributed by atoms with Crippen LogP contribution in [0.25, 0.3) is 0 Å². The second kappa shape index (κ2) is 5.26. The van der Waals surface area contributed by atoms with E-state index in [0.29, 0.717) is 0 Å². The van der Waals surface area contributed by atoms with E-state index in [1.165, 1.54) is 54.9 Å². The number of rotatable bonds is 2. The SMILES string of the molecule is Cc1cc(C)c(CN2CCC3CNCC3C2)cc1C. The normalized spacial score (nSPS) is 27.5. The van der Waals surface area contributed by atoms with Gasteiger partial charge in [0.25, 0.3) is 0 Å². The summed E-state index contributed by atoms with van der Waals surface area (Å²) in [4.78, 5) is 2.66. The van der Waals surface area contributed by atoms with Crippen LogP contribution in [0.1, 0.15) is 28.7 Å². The third kappa shape index (κ3) is 2.70. The van der Waals surface area contributed by atoms with Crippen molar-refractivity contribution in [2.24, 2.45) is 11.8 Å². The zero-order valence-corrected chi connectivity index (χ0v) is 12.5. The highest BCUT2D eigenvalue weighted by Gasteiger charge is 2.32. The molecule has 104 valence electrons. The average molecular weight is 258 g/mol. The summed E-state index contributed by atoms with van der Waals surface area (Å²) in [5.74, 6) is 1.83. The first-order valence-corrected chi connectivity index (χ1v) is 7.63. The van der Waals surface area contributed by atoms with Gasteiger partial charge in [-0.1, -0.05) is 12.1 Å². The van der Waals surface area contributed by atoms with Crippen LogP contribution in [0.3, 0.4) is 0 Å². The molecule has 1 aromatic rings. The number of hydrogen-bond acceptors (Lipinski definition) is 2. The molecule has 2 unspecified atom stereocenters. The van der Waals surface area contributed by atoms with E-state index in [1.807, 2.05) is 0 Å². The van der Waals surface area contributed by atoms with Crippen LogP contribution in [0.5, 0.6) is 0 Å². The Morgan fingerprint density at radius 3 is 2.63 bits per heavy atom. The summed E-state index contributed by atoms with van der Waals surface area (Å²) in [6.07, 6.45) is 1.38. The molecule has 2 fully saturated rings. The molecule has 2 atom stereocenters. The van der Waals surface area contributed by atoms with E-state index in [1.54, 1.807) is 0 Å². The maximum absolute atomic E-state index is 3.55. The lowest BCUT2D eigenvalue weighted by Gasteiger charge is -2.34. The van der Waals surface area contributed by atoms with Crippen LogP contribution in [0.4, 0.5) is 0 Å². The predicted molar refractivity (Wildman–Crippen MR) is 80.4 cm³/mol. The van der Waals surface area contributed by atoms with Crippen molar-refractivity contribution in [3.63, 3.8) is 0 Å². The van der Waals surface area contributed by atoms with Crippen molar-refractivity contribution < 1.29 is 0 Å². The largest absolute Gasteiger partial charge is 0.316 e. The van der Waals surface area contributed by atoms with Gasteiger partial charge in [-0.25, -0.2) is 0 Å². The molecule has 0 amide bonds. The summed E-state index contributed by atoms with van der Waals surface area (Å²) >= 11 is 0. The number of hydrogen-bond donors (Lipinski definition) is 1. The molecule has 2 aliphatic rings. The molecule has 19 heavy (non-hydrogen) atoms. The van der Waals surface area contributed by atoms with Crippen molar-refractivity contribution in [2.45, 2.75) is 33.7 Å². The summed E-state index contributed by atoms with van der Waals surface area (Å²) in [6.45, 7) is 12.9. The van der Waals surface area contributed by atoms with Crippen molar-refractivity contribution in [1.82, 2.24) is 10.2 Å². The molecule has 0 radical (unpaired) electrons. The molecule has 1 aromatic carbocycles. The smallest absolute Gasteiger partial charge is 0.0236 e. The lowest BCUT2D eigenvalue weighted by Crippen LogP contribution is -2.39. The summed E-state index contributed by atoms with van der Waals surface area (Å²) in [5, 5.41) is 3.55. The van der Waals surface area contributed by atoms with Gasteiger partial charge in [-0.2, -0.15) is 0 Å². The molecule has 1 N–H and O–H groups in total. The van der Waals surface area contributed by atoms with E-state index in [4.69, 9.17) is 0 Å². The Labute approximate surface area is 117 Å². The topological polar surface area (TPSA) is 15.3 Å². The van der Waals surface area contributed by atoms with E-state index in [0.717, 1.165) is 18.4 Å². The van der Waals surface area contributed by atoms with E-state index < -0.39 is 0 Å². The number of aryl methyl sites for hydroxylation is 3. The Kier molecular flexibility index (Phi) is 3.64. The minimum Gasteiger partial charge on any atom is -0.316 e. The Morgan fingerprint density at radius 1 is 1.05 bits per heavy atom. The fourth-order valence-corrected chi connectivity index (χ4v) is 3.69. The third-order valence-corrected chi connectivity index (χ3v) is 5.13. The van der Waals surface area contributed by atoms with Gasteiger partial charge in [0, 0.05) is 13.1 Å². The summed E-state index contributed by atoms with van der Waals surface area (Å²) in [6, 6.07) is 4.73. The molecule has 0 bridgehead atoms. The zero-order valence-electron chi connectivity index (χ0n) is 12.5. The number of piperidine rings is 1. The van der Waals surface area contributed by atoms with Gasteiger partial charge in [0.05, 0.1) is 0 Å². The third-order valence-electron chi connectivity index (χ3n) is 5.13. The van der Waals surface area contributed by atoms with E-state index in [2.05, 4.69) is 43.1 Å². The lowest BCUT2D eigenvalue weighted by atomic mass is 9.88. The number of fused-ring (bicyclic) bond motifs is 1. The van der Waals surface area contributed by atoms with Crippen molar-refractivity contribution in [3.05, 3.63) is 34.4 Å². The summed E-state index contributed by atoms with van der Waals surface area (Å²) in [7, 11) is 0. The molecule has 0 saturated carbocycles. The standard InChI is InChI=1S/C17H26N2/c1-12-6-14(3)16(7-13(12)2)10-19-5-4-15-8-18-9-17(15)11-19/h6-7,15,17-18H,4-5,8-11H2,1-3H3. The van der Waals surface area contributed by atoms with Crippen LogP contribution < -0.4 is 5.32 Å². The molecule has 3 rings (SSSR count). The Balaban J connectivity index is 1.70. The van der Waals surface area contributed by atoms with Gasteiger partial charge in [0.15, 0.2) is 0 Å². The van der Waals surface area contributed by atoms with Crippen molar-refractivity contribution in [3.8, 4) is 0 Å². The van der Waals surface area contributed by atoms with Crippen LogP contribution in [-0.4, -0.2) is 31.1 Å². The van der Waals surface area contributed by atoms with Crippen LogP contribution >= 0.6 is 0 Å². The van der Waals surface area contributed by atoms with Gasteiger partial charge in [-0.3, -0.25) is 4.90 Å². The molecule has 0 spiro atoms. The first-order chi connectivity index (χ1) is 9.13. The highest BCUT2D eigenvalue weighted by Crippen LogP contribution is 2.28. The summed E-state index contributed by atoms with van der Waals surface area (Å²) < 4.78 is 0. The first-order valence-electron chi connectivity index (χ1n) is 7.63. The van der Waals surface area contributed by atoms with Crippen molar-refractivity contribution >= 4 is 0 Å². The highest BCUT2D eigenvalue weighted by molar-refractivity contribution is 5.36. The number of likely N-dealkylation sites (tertiary alicyclic amines) is 1. The molecule has 2 saturated heterocycles. The quantitative estimate of drug-likeness (QED) is 0.877. The van der Waals surface area contributed by atoms with Crippen LogP contribution in [0, 0.1) is 32.6 Å².